The fraction of sp³-hybridized carbons (Fsp3) is 0.286. The molecule has 1 aromatic heterocycles. The van der Waals surface area contributed by atoms with E-state index in [1.54, 1.807) is 0 Å². The summed E-state index contributed by atoms with van der Waals surface area (Å²) in [6, 6.07) is 0. The van der Waals surface area contributed by atoms with Crippen molar-refractivity contribution in [1.29, 1.82) is 0 Å². The molecule has 0 spiro atoms. The average molecular weight is 223 g/mol. The number of rotatable bonds is 2. The van der Waals surface area contributed by atoms with Gasteiger partial charge in [0.2, 0.25) is 0 Å². The molecule has 0 radical (unpaired) electrons. The summed E-state index contributed by atoms with van der Waals surface area (Å²) < 4.78 is 0.455. The van der Waals surface area contributed by atoms with Crippen molar-refractivity contribution in [3.05, 3.63) is 20.1 Å². The minimum atomic E-state index is 0.442. The highest BCUT2D eigenvalue weighted by Gasteiger charge is 2.04. The zero-order chi connectivity index (χ0) is 9.14. The van der Waals surface area contributed by atoms with Gasteiger partial charge in [0.25, 0.3) is 0 Å². The number of nitrogens with zero attached hydrogens (tertiary/aromatic N) is 1. The van der Waals surface area contributed by atoms with Crippen molar-refractivity contribution in [2.45, 2.75) is 6.92 Å². The van der Waals surface area contributed by atoms with Crippen LogP contribution in [0.4, 0.5) is 0 Å². The first-order valence-corrected chi connectivity index (χ1v) is 4.90. The highest BCUT2D eigenvalue weighted by molar-refractivity contribution is 7.17. The van der Waals surface area contributed by atoms with E-state index >= 15 is 0 Å². The van der Waals surface area contributed by atoms with E-state index in [0.717, 1.165) is 10.5 Å². The number of nitrogens with two attached hydrogens (primary N) is 1. The van der Waals surface area contributed by atoms with Crippen LogP contribution in [0.1, 0.15) is 11.8 Å². The molecule has 0 aliphatic carbocycles. The van der Waals surface area contributed by atoms with Crippen LogP contribution in [-0.4, -0.2) is 11.5 Å². The van der Waals surface area contributed by atoms with Crippen LogP contribution in [0.2, 0.25) is 9.62 Å². The number of halogens is 2. The van der Waals surface area contributed by atoms with Crippen LogP contribution in [-0.2, 0) is 0 Å². The molecule has 0 aliphatic heterocycles. The lowest BCUT2D eigenvalue weighted by Gasteiger charge is -1.92. The van der Waals surface area contributed by atoms with Gasteiger partial charge < -0.3 is 5.73 Å². The fourth-order valence-electron chi connectivity index (χ4n) is 0.660. The van der Waals surface area contributed by atoms with Crippen LogP contribution in [0.5, 0.6) is 0 Å². The van der Waals surface area contributed by atoms with Gasteiger partial charge >= 0.3 is 0 Å². The Labute approximate surface area is 85.0 Å². The molecule has 0 fully saturated rings. The van der Waals surface area contributed by atoms with Crippen LogP contribution in [0, 0.1) is 0 Å². The third-order valence-corrected chi connectivity index (χ3v) is 2.79. The monoisotopic (exact) mass is 222 g/mol. The van der Waals surface area contributed by atoms with Gasteiger partial charge in [-0.2, -0.15) is 0 Å². The Morgan fingerprint density at radius 2 is 2.33 bits per heavy atom. The molecule has 0 amide bonds. The number of thiazole rings is 1. The predicted octanol–water partition coefficient (Wildman–Crippen LogP) is 2.81. The molecule has 0 aliphatic rings. The molecule has 0 unspecified atom stereocenters. The summed E-state index contributed by atoms with van der Waals surface area (Å²) in [7, 11) is 0. The first-order chi connectivity index (χ1) is 5.63. The molecule has 66 valence electrons. The maximum atomic E-state index is 5.78. The van der Waals surface area contributed by atoms with Gasteiger partial charge in [-0.25, -0.2) is 4.98 Å². The van der Waals surface area contributed by atoms with Gasteiger partial charge in [0.05, 0.1) is 4.88 Å². The summed E-state index contributed by atoms with van der Waals surface area (Å²) in [6.07, 6.45) is 1.89. The summed E-state index contributed by atoms with van der Waals surface area (Å²) in [5.74, 6) is 0. The van der Waals surface area contributed by atoms with Crippen LogP contribution >= 0.6 is 34.5 Å². The Morgan fingerprint density at radius 3 is 2.75 bits per heavy atom. The Morgan fingerprint density at radius 1 is 1.67 bits per heavy atom. The molecule has 0 aromatic carbocycles. The van der Waals surface area contributed by atoms with Crippen molar-refractivity contribution < 1.29 is 0 Å². The topological polar surface area (TPSA) is 38.9 Å². The first kappa shape index (κ1) is 9.99. The molecular formula is C7H8Cl2N2S. The lowest BCUT2D eigenvalue weighted by Crippen LogP contribution is -1.98. The number of aromatic nitrogens is 1. The Hall–Kier alpha value is -0.0900. The Balaban J connectivity index is 2.95. The van der Waals surface area contributed by atoms with Crippen LogP contribution in [0.25, 0.3) is 6.08 Å². The number of hydrogen-bond donors (Lipinski definition) is 1. The van der Waals surface area contributed by atoms with E-state index in [0.29, 0.717) is 16.2 Å². The van der Waals surface area contributed by atoms with Crippen molar-refractivity contribution in [2.75, 3.05) is 6.54 Å². The van der Waals surface area contributed by atoms with Gasteiger partial charge in [-0.1, -0.05) is 28.8 Å². The summed E-state index contributed by atoms with van der Waals surface area (Å²) >= 11 is 12.8. The molecule has 5 heteroatoms. The second-order valence-electron chi connectivity index (χ2n) is 2.32. The molecule has 1 aromatic rings. The predicted molar refractivity (Wildman–Crippen MR) is 54.8 cm³/mol. The quantitative estimate of drug-likeness (QED) is 0.837. The molecule has 1 heterocycles. The third kappa shape index (κ3) is 2.45. The summed E-state index contributed by atoms with van der Waals surface area (Å²) in [4.78, 5) is 4.73. The van der Waals surface area contributed by atoms with Gasteiger partial charge in [-0.15, -0.1) is 11.3 Å². The normalized spacial score (nSPS) is 12.2. The smallest absolute Gasteiger partial charge is 0.185 e. The highest BCUT2D eigenvalue weighted by atomic mass is 35.5. The maximum Gasteiger partial charge on any atom is 0.185 e. The minimum absolute atomic E-state index is 0.442. The molecule has 0 bridgehead atoms. The van der Waals surface area contributed by atoms with Gasteiger partial charge in [0, 0.05) is 6.54 Å². The largest absolute Gasteiger partial charge is 0.327 e. The van der Waals surface area contributed by atoms with Crippen molar-refractivity contribution in [1.82, 2.24) is 4.98 Å². The third-order valence-electron chi connectivity index (χ3n) is 1.28. The standard InChI is InChI=1S/C7H8Cl2N2S/c1-4(3-10)2-5-6(8)11-7(9)12-5/h2H,3,10H2,1H3. The van der Waals surface area contributed by atoms with E-state index in [-0.39, 0.29) is 0 Å². The highest BCUT2D eigenvalue weighted by Crippen LogP contribution is 2.28. The van der Waals surface area contributed by atoms with Gasteiger partial charge in [-0.3, -0.25) is 0 Å². The lowest BCUT2D eigenvalue weighted by atomic mass is 10.3. The molecule has 2 nitrogen and oxygen atoms in total. The van der Waals surface area contributed by atoms with E-state index in [4.69, 9.17) is 28.9 Å². The van der Waals surface area contributed by atoms with E-state index < -0.39 is 0 Å². The zero-order valence-electron chi connectivity index (χ0n) is 6.47. The lowest BCUT2D eigenvalue weighted by molar-refractivity contribution is 1.15. The van der Waals surface area contributed by atoms with E-state index in [2.05, 4.69) is 4.98 Å². The SMILES string of the molecule is CC(=Cc1sc(Cl)nc1Cl)CN. The van der Waals surface area contributed by atoms with Gasteiger partial charge in [0.1, 0.15) is 5.15 Å². The molecule has 2 N–H and O–H groups in total. The van der Waals surface area contributed by atoms with Crippen molar-refractivity contribution >= 4 is 40.6 Å². The van der Waals surface area contributed by atoms with Crippen LogP contribution < -0.4 is 5.73 Å². The summed E-state index contributed by atoms with van der Waals surface area (Å²) in [5, 5.41) is 0.442. The van der Waals surface area contributed by atoms with Gasteiger partial charge in [0.15, 0.2) is 4.47 Å². The van der Waals surface area contributed by atoms with Crippen LogP contribution in [0.3, 0.4) is 0 Å². The molecular weight excluding hydrogens is 215 g/mol. The van der Waals surface area contributed by atoms with Gasteiger partial charge in [-0.05, 0) is 13.0 Å². The zero-order valence-corrected chi connectivity index (χ0v) is 8.80. The van der Waals surface area contributed by atoms with Crippen molar-refractivity contribution in [2.24, 2.45) is 5.73 Å². The van der Waals surface area contributed by atoms with E-state index in [1.807, 2.05) is 13.0 Å². The second kappa shape index (κ2) is 4.23. The first-order valence-electron chi connectivity index (χ1n) is 3.32. The van der Waals surface area contributed by atoms with E-state index in [1.165, 1.54) is 11.3 Å². The molecule has 12 heavy (non-hydrogen) atoms. The van der Waals surface area contributed by atoms with E-state index in [9.17, 15) is 0 Å². The summed E-state index contributed by atoms with van der Waals surface area (Å²) in [6.45, 7) is 2.45. The number of hydrogen-bond acceptors (Lipinski definition) is 3. The average Bonchev–Trinajstić information content (AvgIpc) is 2.30. The minimum Gasteiger partial charge on any atom is -0.327 e. The molecule has 0 saturated heterocycles. The molecule has 0 atom stereocenters. The maximum absolute atomic E-state index is 5.78. The van der Waals surface area contributed by atoms with Crippen LogP contribution in [0.15, 0.2) is 5.57 Å². The Bertz CT molecular complexity index is 306. The molecule has 0 saturated carbocycles. The molecule has 1 rings (SSSR count). The second-order valence-corrected chi connectivity index (χ2v) is 4.29. The Kier molecular flexibility index (Phi) is 3.53. The van der Waals surface area contributed by atoms with Crippen molar-refractivity contribution in [3.63, 3.8) is 0 Å². The summed E-state index contributed by atoms with van der Waals surface area (Å²) in [5.41, 5.74) is 6.47. The van der Waals surface area contributed by atoms with Crippen molar-refractivity contribution in [3.8, 4) is 0 Å². The fourth-order valence-corrected chi connectivity index (χ4v) is 2.05.